The molecular formula is C14H14ClFN2O3. The highest BCUT2D eigenvalue weighted by Gasteiger charge is 2.47. The van der Waals surface area contributed by atoms with Gasteiger partial charge in [0.15, 0.2) is 0 Å². The quantitative estimate of drug-likeness (QED) is 0.789. The van der Waals surface area contributed by atoms with E-state index in [0.717, 1.165) is 23.8 Å². The minimum Gasteiger partial charge on any atom is -0.495 e. The molecule has 0 N–H and O–H groups in total. The number of amides is 3. The molecule has 5 nitrogen and oxygen atoms in total. The van der Waals surface area contributed by atoms with Gasteiger partial charge in [0, 0.05) is 12.6 Å². The number of nitrogens with zero attached hydrogens (tertiary/aromatic N) is 2. The molecule has 3 rings (SSSR count). The van der Waals surface area contributed by atoms with E-state index in [1.54, 1.807) is 0 Å². The number of ether oxygens (including phenoxy) is 1. The number of halogens is 2. The molecule has 2 aliphatic rings. The molecular weight excluding hydrogens is 299 g/mol. The van der Waals surface area contributed by atoms with E-state index < -0.39 is 17.9 Å². The zero-order valence-electron chi connectivity index (χ0n) is 11.4. The molecule has 7 heteroatoms. The average Bonchev–Trinajstić information content (AvgIpc) is 2.72. The van der Waals surface area contributed by atoms with Crippen LogP contribution < -0.4 is 9.64 Å². The van der Waals surface area contributed by atoms with E-state index in [-0.39, 0.29) is 22.4 Å². The Labute approximate surface area is 126 Å². The Hall–Kier alpha value is -1.82. The first-order valence-corrected chi connectivity index (χ1v) is 7.10. The summed E-state index contributed by atoms with van der Waals surface area (Å²) >= 11 is 5.84. The second-order valence-corrected chi connectivity index (χ2v) is 5.51. The van der Waals surface area contributed by atoms with Gasteiger partial charge in [-0.1, -0.05) is 11.6 Å². The summed E-state index contributed by atoms with van der Waals surface area (Å²) < 4.78 is 19.2. The van der Waals surface area contributed by atoms with E-state index in [9.17, 15) is 14.0 Å². The molecule has 2 saturated heterocycles. The molecule has 0 saturated carbocycles. The highest BCUT2D eigenvalue weighted by molar-refractivity contribution is 6.32. The lowest BCUT2D eigenvalue weighted by Gasteiger charge is -2.25. The van der Waals surface area contributed by atoms with Crippen molar-refractivity contribution in [2.24, 2.45) is 0 Å². The van der Waals surface area contributed by atoms with Gasteiger partial charge in [-0.25, -0.2) is 14.1 Å². The number of rotatable bonds is 2. The number of imide groups is 1. The zero-order valence-corrected chi connectivity index (χ0v) is 12.2. The fourth-order valence-electron chi connectivity index (χ4n) is 2.86. The number of urea groups is 1. The third-order valence-electron chi connectivity index (χ3n) is 3.91. The maximum absolute atomic E-state index is 14.1. The molecule has 0 spiro atoms. The molecule has 3 amide bonds. The Morgan fingerprint density at radius 1 is 1.33 bits per heavy atom. The topological polar surface area (TPSA) is 49.9 Å². The summed E-state index contributed by atoms with van der Waals surface area (Å²) in [5, 5.41) is 0.0931. The molecule has 1 atom stereocenters. The first-order chi connectivity index (χ1) is 10.0. The third-order valence-corrected chi connectivity index (χ3v) is 4.20. The van der Waals surface area contributed by atoms with Crippen molar-refractivity contribution < 1.29 is 18.7 Å². The number of benzene rings is 1. The van der Waals surface area contributed by atoms with Gasteiger partial charge >= 0.3 is 6.03 Å². The van der Waals surface area contributed by atoms with Crippen LogP contribution in [0.3, 0.4) is 0 Å². The highest BCUT2D eigenvalue weighted by atomic mass is 35.5. The molecule has 2 fully saturated rings. The van der Waals surface area contributed by atoms with Crippen molar-refractivity contribution >= 4 is 29.2 Å². The van der Waals surface area contributed by atoms with E-state index in [0.29, 0.717) is 13.0 Å². The smallest absolute Gasteiger partial charge is 0.332 e. The van der Waals surface area contributed by atoms with Crippen LogP contribution in [0.15, 0.2) is 12.1 Å². The Morgan fingerprint density at radius 3 is 2.76 bits per heavy atom. The molecule has 21 heavy (non-hydrogen) atoms. The van der Waals surface area contributed by atoms with E-state index in [1.807, 2.05) is 0 Å². The van der Waals surface area contributed by atoms with Crippen LogP contribution in [0, 0.1) is 5.82 Å². The lowest BCUT2D eigenvalue weighted by atomic mass is 10.0. The molecule has 112 valence electrons. The molecule has 1 aromatic rings. The van der Waals surface area contributed by atoms with E-state index in [2.05, 4.69) is 0 Å². The molecule has 1 unspecified atom stereocenters. The number of methoxy groups -OCH3 is 1. The van der Waals surface area contributed by atoms with Gasteiger partial charge in [-0.05, 0) is 25.3 Å². The van der Waals surface area contributed by atoms with Gasteiger partial charge in [-0.2, -0.15) is 0 Å². The number of hydrogen-bond donors (Lipinski definition) is 0. The minimum atomic E-state index is -0.720. The molecule has 1 aromatic carbocycles. The summed E-state index contributed by atoms with van der Waals surface area (Å²) in [4.78, 5) is 27.2. The Balaban J connectivity index is 2.04. The number of carbonyl (C=O) groups is 2. The Morgan fingerprint density at radius 2 is 2.10 bits per heavy atom. The van der Waals surface area contributed by atoms with E-state index in [1.165, 1.54) is 18.1 Å². The summed E-state index contributed by atoms with van der Waals surface area (Å²) in [7, 11) is 1.39. The Kier molecular flexibility index (Phi) is 3.49. The summed E-state index contributed by atoms with van der Waals surface area (Å²) in [5.41, 5.74) is -0.111. The summed E-state index contributed by atoms with van der Waals surface area (Å²) in [5.74, 6) is -0.885. The average molecular weight is 313 g/mol. The van der Waals surface area contributed by atoms with Crippen LogP contribution in [-0.4, -0.2) is 36.5 Å². The molecule has 2 heterocycles. The second kappa shape index (κ2) is 5.18. The second-order valence-electron chi connectivity index (χ2n) is 5.10. The maximum atomic E-state index is 14.1. The zero-order chi connectivity index (χ0) is 15.1. The first-order valence-electron chi connectivity index (χ1n) is 6.72. The van der Waals surface area contributed by atoms with Crippen LogP contribution in [0.25, 0.3) is 0 Å². The molecule has 0 bridgehead atoms. The van der Waals surface area contributed by atoms with Crippen LogP contribution in [0.5, 0.6) is 5.75 Å². The summed E-state index contributed by atoms with van der Waals surface area (Å²) in [6.45, 7) is 0.526. The molecule has 2 aliphatic heterocycles. The molecule has 0 radical (unpaired) electrons. The number of hydrogen-bond acceptors (Lipinski definition) is 3. The predicted molar refractivity (Wildman–Crippen MR) is 75.2 cm³/mol. The fourth-order valence-corrected chi connectivity index (χ4v) is 3.08. The van der Waals surface area contributed by atoms with Gasteiger partial charge in [0.25, 0.3) is 5.91 Å². The van der Waals surface area contributed by atoms with Gasteiger partial charge in [0.05, 0.1) is 17.8 Å². The highest BCUT2D eigenvalue weighted by Crippen LogP contribution is 2.36. The van der Waals surface area contributed by atoms with Gasteiger partial charge in [0.2, 0.25) is 0 Å². The van der Waals surface area contributed by atoms with Gasteiger partial charge in [-0.3, -0.25) is 4.79 Å². The largest absolute Gasteiger partial charge is 0.495 e. The van der Waals surface area contributed by atoms with Crippen molar-refractivity contribution in [2.75, 3.05) is 18.6 Å². The number of anilines is 1. The van der Waals surface area contributed by atoms with Crippen LogP contribution in [-0.2, 0) is 4.79 Å². The normalized spacial score (nSPS) is 21.8. The van der Waals surface area contributed by atoms with E-state index >= 15 is 0 Å². The summed E-state index contributed by atoms with van der Waals surface area (Å²) in [6, 6.07) is 1.37. The lowest BCUT2D eigenvalue weighted by molar-refractivity contribution is -0.120. The van der Waals surface area contributed by atoms with Crippen LogP contribution in [0.2, 0.25) is 5.02 Å². The third kappa shape index (κ3) is 2.14. The van der Waals surface area contributed by atoms with Crippen molar-refractivity contribution in [3.8, 4) is 5.75 Å². The van der Waals surface area contributed by atoms with Crippen LogP contribution >= 0.6 is 11.6 Å². The predicted octanol–water partition coefficient (Wildman–Crippen LogP) is 2.81. The van der Waals surface area contributed by atoms with Gasteiger partial charge in [-0.15, -0.1) is 0 Å². The lowest BCUT2D eigenvalue weighted by Crippen LogP contribution is -2.39. The standard InChI is InChI=1S/C14H14ClFN2O3/c1-21-12-7-11(9(16)6-8(12)15)18-13(19)10-4-2-3-5-17(10)14(18)20/h6-7,10H,2-5H2,1H3. The summed E-state index contributed by atoms with van der Waals surface area (Å²) in [6.07, 6.45) is 2.36. The van der Waals surface area contributed by atoms with Gasteiger partial charge < -0.3 is 9.64 Å². The van der Waals surface area contributed by atoms with Crippen molar-refractivity contribution in [3.05, 3.63) is 23.0 Å². The Bertz CT molecular complexity index is 598. The number of piperidine rings is 1. The van der Waals surface area contributed by atoms with E-state index in [4.69, 9.17) is 16.3 Å². The van der Waals surface area contributed by atoms with Crippen LogP contribution in [0.4, 0.5) is 14.9 Å². The molecule has 0 aromatic heterocycles. The minimum absolute atomic E-state index is 0.0931. The van der Waals surface area contributed by atoms with Crippen LogP contribution in [0.1, 0.15) is 19.3 Å². The number of carbonyl (C=O) groups excluding carboxylic acids is 2. The number of fused-ring (bicyclic) bond motifs is 1. The fraction of sp³-hybridized carbons (Fsp3) is 0.429. The monoisotopic (exact) mass is 312 g/mol. The van der Waals surface area contributed by atoms with Crippen molar-refractivity contribution in [2.45, 2.75) is 25.3 Å². The van der Waals surface area contributed by atoms with Crippen molar-refractivity contribution in [3.63, 3.8) is 0 Å². The first kappa shape index (κ1) is 14.1. The van der Waals surface area contributed by atoms with Gasteiger partial charge in [0.1, 0.15) is 17.6 Å². The SMILES string of the molecule is COc1cc(N2C(=O)C3CCCCN3C2=O)c(F)cc1Cl. The maximum Gasteiger partial charge on any atom is 0.332 e. The van der Waals surface area contributed by atoms with Crippen molar-refractivity contribution in [1.82, 2.24) is 4.90 Å². The van der Waals surface area contributed by atoms with Crippen molar-refractivity contribution in [1.29, 1.82) is 0 Å². The molecule has 0 aliphatic carbocycles.